The summed E-state index contributed by atoms with van der Waals surface area (Å²) in [4.78, 5) is 24.4. The van der Waals surface area contributed by atoms with E-state index in [1.165, 1.54) is 20.0 Å². The third-order valence-corrected chi connectivity index (χ3v) is 10.4. The van der Waals surface area contributed by atoms with Gasteiger partial charge in [-0.3, -0.25) is 4.79 Å². The van der Waals surface area contributed by atoms with Gasteiger partial charge in [0.05, 0.1) is 12.7 Å². The van der Waals surface area contributed by atoms with Crippen molar-refractivity contribution < 1.29 is 19.1 Å². The molecule has 0 saturated heterocycles. The molecule has 2 fully saturated rings. The van der Waals surface area contributed by atoms with Crippen LogP contribution in [0.3, 0.4) is 0 Å². The standard InChI is InChI=1S/C32H42O4/c1-21(10-15-29(33)35-4)26-13-14-27-25-12-11-23-20-24(36-30(34)22-8-6-5-7-9-22)16-18-31(23,2)28(25)17-19-32(26,27)3/h5-9,13,17,21,23-25,27H,10-12,14-16,18-20H2,1-4H3/t21-,23+,24+,25-,27-,31-,32+/m0/s1. The SMILES string of the molecule is COC(=O)CC[C@H](C)C1=CC[C@H]2[C@@H]3CC[C@@H]4C[C@H](OC(=O)c5ccccc5)CC[C@]4(C)C3=CC[C@]12C. The maximum atomic E-state index is 12.7. The van der Waals surface area contributed by atoms with Gasteiger partial charge in [0.1, 0.15) is 6.10 Å². The van der Waals surface area contributed by atoms with Gasteiger partial charge in [0.15, 0.2) is 0 Å². The Kier molecular flexibility index (Phi) is 6.91. The summed E-state index contributed by atoms with van der Waals surface area (Å²) in [5.74, 6) is 2.02. The van der Waals surface area contributed by atoms with E-state index in [-0.39, 0.29) is 28.9 Å². The molecule has 0 bridgehead atoms. The first-order valence-corrected chi connectivity index (χ1v) is 14.0. The summed E-state index contributed by atoms with van der Waals surface area (Å²) in [7, 11) is 1.48. The monoisotopic (exact) mass is 490 g/mol. The fourth-order valence-electron chi connectivity index (χ4n) is 8.36. The molecule has 36 heavy (non-hydrogen) atoms. The average molecular weight is 491 g/mol. The van der Waals surface area contributed by atoms with Crippen LogP contribution in [0.15, 0.2) is 53.6 Å². The van der Waals surface area contributed by atoms with Crippen molar-refractivity contribution >= 4 is 11.9 Å². The number of rotatable bonds is 6. The van der Waals surface area contributed by atoms with Crippen molar-refractivity contribution in [2.75, 3.05) is 7.11 Å². The predicted molar refractivity (Wildman–Crippen MR) is 141 cm³/mol. The second-order valence-corrected chi connectivity index (χ2v) is 12.3. The topological polar surface area (TPSA) is 52.6 Å². The smallest absolute Gasteiger partial charge is 0.338 e. The molecule has 0 amide bonds. The van der Waals surface area contributed by atoms with Gasteiger partial charge in [-0.15, -0.1) is 0 Å². The molecule has 2 saturated carbocycles. The van der Waals surface area contributed by atoms with Gasteiger partial charge < -0.3 is 9.47 Å². The zero-order valence-electron chi connectivity index (χ0n) is 22.4. The fraction of sp³-hybridized carbons (Fsp3) is 0.625. The Morgan fingerprint density at radius 3 is 2.58 bits per heavy atom. The average Bonchev–Trinajstić information content (AvgIpc) is 3.25. The first-order chi connectivity index (χ1) is 17.3. The molecule has 0 N–H and O–H groups in total. The van der Waals surface area contributed by atoms with Crippen LogP contribution in [0.25, 0.3) is 0 Å². The summed E-state index contributed by atoms with van der Waals surface area (Å²) in [6, 6.07) is 9.38. The molecular formula is C32H42O4. The number of methoxy groups -OCH3 is 1. The van der Waals surface area contributed by atoms with E-state index < -0.39 is 0 Å². The second-order valence-electron chi connectivity index (χ2n) is 12.3. The number of benzene rings is 1. The Hall–Kier alpha value is -2.36. The van der Waals surface area contributed by atoms with Crippen LogP contribution in [0.2, 0.25) is 0 Å². The van der Waals surface area contributed by atoms with Crippen LogP contribution in [0.5, 0.6) is 0 Å². The van der Waals surface area contributed by atoms with Gasteiger partial charge in [-0.2, -0.15) is 0 Å². The normalized spacial score (nSPS) is 35.9. The highest BCUT2D eigenvalue weighted by Crippen LogP contribution is 2.65. The summed E-state index contributed by atoms with van der Waals surface area (Å²) >= 11 is 0. The maximum absolute atomic E-state index is 12.7. The third-order valence-electron chi connectivity index (χ3n) is 10.4. The van der Waals surface area contributed by atoms with E-state index in [0.29, 0.717) is 35.7 Å². The Morgan fingerprint density at radius 2 is 1.83 bits per heavy atom. The molecule has 0 heterocycles. The Balaban J connectivity index is 1.27. The molecule has 0 aromatic heterocycles. The molecule has 0 radical (unpaired) electrons. The summed E-state index contributed by atoms with van der Waals surface area (Å²) < 4.78 is 10.9. The second kappa shape index (κ2) is 9.84. The Morgan fingerprint density at radius 1 is 1.06 bits per heavy atom. The summed E-state index contributed by atoms with van der Waals surface area (Å²) in [5, 5.41) is 0. The van der Waals surface area contributed by atoms with Gasteiger partial charge in [-0.1, -0.05) is 62.3 Å². The van der Waals surface area contributed by atoms with Crippen molar-refractivity contribution in [2.24, 2.45) is 34.5 Å². The van der Waals surface area contributed by atoms with E-state index in [4.69, 9.17) is 9.47 Å². The highest BCUT2D eigenvalue weighted by molar-refractivity contribution is 5.89. The molecule has 4 aliphatic rings. The Bertz CT molecular complexity index is 1060. The number of ether oxygens (including phenoxy) is 2. The van der Waals surface area contributed by atoms with Gasteiger partial charge in [0, 0.05) is 6.42 Å². The van der Waals surface area contributed by atoms with Crippen molar-refractivity contribution in [3.8, 4) is 0 Å². The van der Waals surface area contributed by atoms with E-state index >= 15 is 0 Å². The van der Waals surface area contributed by atoms with Crippen LogP contribution in [0, 0.1) is 34.5 Å². The zero-order chi connectivity index (χ0) is 25.5. The van der Waals surface area contributed by atoms with E-state index in [1.807, 2.05) is 30.3 Å². The van der Waals surface area contributed by atoms with Gasteiger partial charge in [-0.05, 0) is 98.0 Å². The molecule has 4 nitrogen and oxygen atoms in total. The number of allylic oxidation sites excluding steroid dienone is 4. The lowest BCUT2D eigenvalue weighted by Crippen LogP contribution is -2.48. The Labute approximate surface area is 216 Å². The van der Waals surface area contributed by atoms with Gasteiger partial charge in [-0.25, -0.2) is 4.79 Å². The van der Waals surface area contributed by atoms with Crippen molar-refractivity contribution in [1.82, 2.24) is 0 Å². The molecule has 1 aromatic carbocycles. The summed E-state index contributed by atoms with van der Waals surface area (Å²) in [6.07, 6.45) is 14.3. The lowest BCUT2D eigenvalue weighted by atomic mass is 9.48. The van der Waals surface area contributed by atoms with Gasteiger partial charge >= 0.3 is 11.9 Å². The number of carbonyl (C=O) groups is 2. The highest BCUT2D eigenvalue weighted by Gasteiger charge is 2.55. The summed E-state index contributed by atoms with van der Waals surface area (Å²) in [6.45, 7) is 7.26. The lowest BCUT2D eigenvalue weighted by Gasteiger charge is -2.57. The van der Waals surface area contributed by atoms with E-state index in [0.717, 1.165) is 38.5 Å². The molecule has 0 unspecified atom stereocenters. The molecule has 1 aromatic rings. The highest BCUT2D eigenvalue weighted by atomic mass is 16.5. The van der Waals surface area contributed by atoms with Crippen LogP contribution in [-0.2, 0) is 14.3 Å². The van der Waals surface area contributed by atoms with E-state index in [1.54, 1.807) is 11.1 Å². The molecule has 7 atom stereocenters. The molecule has 5 rings (SSSR count). The van der Waals surface area contributed by atoms with Crippen molar-refractivity contribution in [3.05, 3.63) is 59.2 Å². The van der Waals surface area contributed by atoms with Gasteiger partial charge in [0.2, 0.25) is 0 Å². The molecule has 4 aliphatic carbocycles. The third kappa shape index (κ3) is 4.35. The first-order valence-electron chi connectivity index (χ1n) is 14.0. The number of carbonyl (C=O) groups excluding carboxylic acids is 2. The first kappa shape index (κ1) is 25.3. The zero-order valence-corrected chi connectivity index (χ0v) is 22.4. The minimum Gasteiger partial charge on any atom is -0.469 e. The largest absolute Gasteiger partial charge is 0.469 e. The van der Waals surface area contributed by atoms with Crippen molar-refractivity contribution in [2.45, 2.75) is 84.7 Å². The lowest BCUT2D eigenvalue weighted by molar-refractivity contribution is -0.140. The predicted octanol–water partition coefficient (Wildman–Crippen LogP) is 7.30. The van der Waals surface area contributed by atoms with Crippen LogP contribution >= 0.6 is 0 Å². The van der Waals surface area contributed by atoms with E-state index in [9.17, 15) is 9.59 Å². The van der Waals surface area contributed by atoms with Crippen molar-refractivity contribution in [1.29, 1.82) is 0 Å². The minimum atomic E-state index is -0.184. The quantitative estimate of drug-likeness (QED) is 0.310. The van der Waals surface area contributed by atoms with Crippen LogP contribution in [0.4, 0.5) is 0 Å². The molecular weight excluding hydrogens is 448 g/mol. The number of fused-ring (bicyclic) bond motifs is 5. The molecule has 0 aliphatic heterocycles. The maximum Gasteiger partial charge on any atom is 0.338 e. The number of hydrogen-bond donors (Lipinski definition) is 0. The van der Waals surface area contributed by atoms with Gasteiger partial charge in [0.25, 0.3) is 0 Å². The molecule has 194 valence electrons. The van der Waals surface area contributed by atoms with Crippen molar-refractivity contribution in [3.63, 3.8) is 0 Å². The van der Waals surface area contributed by atoms with E-state index in [2.05, 4.69) is 32.9 Å². The fourth-order valence-corrected chi connectivity index (χ4v) is 8.36. The van der Waals surface area contributed by atoms with Crippen LogP contribution in [0.1, 0.15) is 88.9 Å². The number of hydrogen-bond acceptors (Lipinski definition) is 4. The summed E-state index contributed by atoms with van der Waals surface area (Å²) in [5.41, 5.74) is 4.34. The molecule has 0 spiro atoms. The van der Waals surface area contributed by atoms with Crippen LogP contribution < -0.4 is 0 Å². The molecule has 4 heteroatoms. The minimum absolute atomic E-state index is 0.0252. The van der Waals surface area contributed by atoms with Crippen LogP contribution in [-0.4, -0.2) is 25.2 Å². The number of esters is 2.